The normalized spacial score (nSPS) is 10.7. The number of hydrogen-bond donors (Lipinski definition) is 1. The van der Waals surface area contributed by atoms with Crippen LogP contribution in [0.25, 0.3) is 5.69 Å². The van der Waals surface area contributed by atoms with Gasteiger partial charge in [0.25, 0.3) is 5.91 Å². The minimum absolute atomic E-state index is 0.0720. The SMILES string of the molecule is Cc1c(C(=O)NCCCn2cccc2)cnn1-c1ccccc1. The Bertz CT molecular complexity index is 760. The Morgan fingerprint density at radius 1 is 1.13 bits per heavy atom. The Balaban J connectivity index is 1.58. The van der Waals surface area contributed by atoms with Crippen molar-refractivity contribution in [3.05, 3.63) is 72.3 Å². The number of para-hydroxylation sites is 1. The van der Waals surface area contributed by atoms with Crippen molar-refractivity contribution in [2.24, 2.45) is 0 Å². The van der Waals surface area contributed by atoms with Crippen LogP contribution in [0.2, 0.25) is 0 Å². The van der Waals surface area contributed by atoms with Crippen LogP contribution in [-0.2, 0) is 6.54 Å². The summed E-state index contributed by atoms with van der Waals surface area (Å²) in [5.41, 5.74) is 2.42. The fourth-order valence-electron chi connectivity index (χ4n) is 2.54. The van der Waals surface area contributed by atoms with E-state index in [9.17, 15) is 4.79 Å². The molecule has 5 nitrogen and oxygen atoms in total. The van der Waals surface area contributed by atoms with Gasteiger partial charge in [-0.3, -0.25) is 4.79 Å². The van der Waals surface area contributed by atoms with E-state index in [1.807, 2.05) is 61.8 Å². The number of benzene rings is 1. The van der Waals surface area contributed by atoms with E-state index in [1.54, 1.807) is 10.9 Å². The van der Waals surface area contributed by atoms with Crippen molar-refractivity contribution in [2.45, 2.75) is 19.9 Å². The molecule has 0 bridgehead atoms. The highest BCUT2D eigenvalue weighted by Gasteiger charge is 2.14. The molecule has 0 atom stereocenters. The molecule has 2 aromatic heterocycles. The van der Waals surface area contributed by atoms with Gasteiger partial charge in [-0.1, -0.05) is 18.2 Å². The summed E-state index contributed by atoms with van der Waals surface area (Å²) in [4.78, 5) is 12.3. The van der Waals surface area contributed by atoms with Gasteiger partial charge in [-0.25, -0.2) is 4.68 Å². The second-order valence-corrected chi connectivity index (χ2v) is 5.42. The number of aromatic nitrogens is 3. The van der Waals surface area contributed by atoms with E-state index in [0.717, 1.165) is 24.3 Å². The third-order valence-electron chi connectivity index (χ3n) is 3.80. The summed E-state index contributed by atoms with van der Waals surface area (Å²) in [6, 6.07) is 13.8. The van der Waals surface area contributed by atoms with E-state index in [2.05, 4.69) is 15.0 Å². The van der Waals surface area contributed by atoms with Crippen molar-refractivity contribution in [3.63, 3.8) is 0 Å². The standard InChI is InChI=1S/C18H20N4O/c1-15-17(14-20-22(15)16-8-3-2-4-9-16)18(23)19-10-7-13-21-11-5-6-12-21/h2-6,8-9,11-12,14H,7,10,13H2,1H3,(H,19,23). The average molecular weight is 308 g/mol. The molecule has 2 heterocycles. The Hall–Kier alpha value is -2.82. The number of aryl methyl sites for hydroxylation is 1. The van der Waals surface area contributed by atoms with Crippen molar-refractivity contribution in [3.8, 4) is 5.69 Å². The molecule has 0 fully saturated rings. The lowest BCUT2D eigenvalue weighted by atomic mass is 10.2. The first-order valence-electron chi connectivity index (χ1n) is 7.75. The summed E-state index contributed by atoms with van der Waals surface area (Å²) >= 11 is 0. The maximum atomic E-state index is 12.3. The smallest absolute Gasteiger partial charge is 0.254 e. The molecular weight excluding hydrogens is 288 g/mol. The maximum absolute atomic E-state index is 12.3. The van der Waals surface area contributed by atoms with Gasteiger partial charge in [-0.2, -0.15) is 5.10 Å². The van der Waals surface area contributed by atoms with Gasteiger partial charge in [-0.05, 0) is 37.6 Å². The molecule has 3 aromatic rings. The summed E-state index contributed by atoms with van der Waals surface area (Å²) in [6.45, 7) is 3.46. The Kier molecular flexibility index (Phi) is 4.57. The fourth-order valence-corrected chi connectivity index (χ4v) is 2.54. The van der Waals surface area contributed by atoms with Crippen LogP contribution in [0.5, 0.6) is 0 Å². The minimum atomic E-state index is -0.0720. The van der Waals surface area contributed by atoms with Gasteiger partial charge in [0.1, 0.15) is 0 Å². The van der Waals surface area contributed by atoms with E-state index in [1.165, 1.54) is 0 Å². The van der Waals surface area contributed by atoms with Crippen LogP contribution < -0.4 is 5.32 Å². The van der Waals surface area contributed by atoms with Crippen LogP contribution in [0.4, 0.5) is 0 Å². The maximum Gasteiger partial charge on any atom is 0.254 e. The van der Waals surface area contributed by atoms with E-state index < -0.39 is 0 Å². The van der Waals surface area contributed by atoms with E-state index >= 15 is 0 Å². The zero-order valence-corrected chi connectivity index (χ0v) is 13.1. The Morgan fingerprint density at radius 2 is 1.87 bits per heavy atom. The van der Waals surface area contributed by atoms with Gasteiger partial charge in [0.15, 0.2) is 0 Å². The largest absolute Gasteiger partial charge is 0.354 e. The quantitative estimate of drug-likeness (QED) is 0.712. The number of carbonyl (C=O) groups is 1. The lowest BCUT2D eigenvalue weighted by Gasteiger charge is -2.07. The second kappa shape index (κ2) is 6.96. The monoisotopic (exact) mass is 308 g/mol. The lowest BCUT2D eigenvalue weighted by molar-refractivity contribution is 0.0952. The average Bonchev–Trinajstić information content (AvgIpc) is 3.22. The minimum Gasteiger partial charge on any atom is -0.354 e. The van der Waals surface area contributed by atoms with Crippen LogP contribution in [0, 0.1) is 6.92 Å². The van der Waals surface area contributed by atoms with Gasteiger partial charge in [0.05, 0.1) is 23.1 Å². The van der Waals surface area contributed by atoms with Crippen LogP contribution >= 0.6 is 0 Å². The summed E-state index contributed by atoms with van der Waals surface area (Å²) in [7, 11) is 0. The highest BCUT2D eigenvalue weighted by Crippen LogP contribution is 2.13. The number of hydrogen-bond acceptors (Lipinski definition) is 2. The summed E-state index contributed by atoms with van der Waals surface area (Å²) in [6.07, 6.45) is 6.57. The first kappa shape index (κ1) is 15.1. The third-order valence-corrected chi connectivity index (χ3v) is 3.80. The highest BCUT2D eigenvalue weighted by atomic mass is 16.1. The van der Waals surface area contributed by atoms with Crippen LogP contribution in [0.3, 0.4) is 0 Å². The van der Waals surface area contributed by atoms with Crippen molar-refractivity contribution in [1.82, 2.24) is 19.7 Å². The molecule has 1 N–H and O–H groups in total. The lowest BCUT2D eigenvalue weighted by Crippen LogP contribution is -2.25. The van der Waals surface area contributed by atoms with E-state index in [-0.39, 0.29) is 5.91 Å². The Labute approximate surface area is 135 Å². The molecule has 0 saturated heterocycles. The van der Waals surface area contributed by atoms with Crippen molar-refractivity contribution in [1.29, 1.82) is 0 Å². The number of nitrogens with zero attached hydrogens (tertiary/aromatic N) is 3. The molecule has 0 spiro atoms. The van der Waals surface area contributed by atoms with Gasteiger partial charge in [0.2, 0.25) is 0 Å². The summed E-state index contributed by atoms with van der Waals surface area (Å²) in [5.74, 6) is -0.0720. The first-order valence-corrected chi connectivity index (χ1v) is 7.75. The Morgan fingerprint density at radius 3 is 2.61 bits per heavy atom. The molecule has 0 aliphatic heterocycles. The van der Waals surface area contributed by atoms with Crippen molar-refractivity contribution in [2.75, 3.05) is 6.54 Å². The number of nitrogens with one attached hydrogen (secondary N) is 1. The van der Waals surface area contributed by atoms with Crippen LogP contribution in [-0.4, -0.2) is 26.8 Å². The topological polar surface area (TPSA) is 51.9 Å². The molecule has 1 aromatic carbocycles. The first-order chi connectivity index (χ1) is 11.3. The molecule has 1 amide bonds. The van der Waals surface area contributed by atoms with Crippen molar-refractivity contribution >= 4 is 5.91 Å². The second-order valence-electron chi connectivity index (χ2n) is 5.42. The van der Waals surface area contributed by atoms with Gasteiger partial charge in [-0.15, -0.1) is 0 Å². The molecule has 118 valence electrons. The van der Waals surface area contributed by atoms with Gasteiger partial charge < -0.3 is 9.88 Å². The predicted molar refractivity (Wildman–Crippen MR) is 89.7 cm³/mol. The van der Waals surface area contributed by atoms with Crippen LogP contribution in [0.1, 0.15) is 22.5 Å². The van der Waals surface area contributed by atoms with E-state index in [0.29, 0.717) is 12.1 Å². The van der Waals surface area contributed by atoms with Gasteiger partial charge >= 0.3 is 0 Å². The van der Waals surface area contributed by atoms with Crippen molar-refractivity contribution < 1.29 is 4.79 Å². The number of rotatable bonds is 6. The van der Waals surface area contributed by atoms with Gasteiger partial charge in [0, 0.05) is 25.5 Å². The molecule has 3 rings (SSSR count). The van der Waals surface area contributed by atoms with Crippen LogP contribution in [0.15, 0.2) is 61.1 Å². The molecule has 5 heteroatoms. The highest BCUT2D eigenvalue weighted by molar-refractivity contribution is 5.95. The number of amides is 1. The zero-order valence-electron chi connectivity index (χ0n) is 13.1. The molecule has 0 unspecified atom stereocenters. The summed E-state index contributed by atoms with van der Waals surface area (Å²) < 4.78 is 3.89. The summed E-state index contributed by atoms with van der Waals surface area (Å²) in [5, 5.41) is 7.29. The molecule has 0 saturated carbocycles. The molecule has 0 aliphatic rings. The predicted octanol–water partition coefficient (Wildman–Crippen LogP) is 2.80. The fraction of sp³-hybridized carbons (Fsp3) is 0.222. The zero-order chi connectivity index (χ0) is 16.1. The van der Waals surface area contributed by atoms with E-state index in [4.69, 9.17) is 0 Å². The third kappa shape index (κ3) is 3.51. The molecular formula is C18H20N4O. The molecule has 23 heavy (non-hydrogen) atoms. The number of carbonyl (C=O) groups excluding carboxylic acids is 1. The molecule has 0 radical (unpaired) electrons. The molecule has 0 aliphatic carbocycles.